The Kier molecular flexibility index (Phi) is 3.53. The van der Waals surface area contributed by atoms with E-state index in [-0.39, 0.29) is 18.0 Å². The fourth-order valence-electron chi connectivity index (χ4n) is 2.81. The monoisotopic (exact) mass is 306 g/mol. The molecule has 2 aliphatic rings. The fraction of sp³-hybridized carbons (Fsp3) is 0.500. The van der Waals surface area contributed by atoms with Gasteiger partial charge in [0.05, 0.1) is 12.2 Å². The highest BCUT2D eigenvalue weighted by atomic mass is 19.1. The molecule has 0 radical (unpaired) electrons. The lowest BCUT2D eigenvalue weighted by molar-refractivity contribution is 0.0177. The molecule has 6 nitrogen and oxygen atoms in total. The van der Waals surface area contributed by atoms with Crippen LogP contribution in [-0.4, -0.2) is 29.6 Å². The summed E-state index contributed by atoms with van der Waals surface area (Å²) in [5, 5.41) is 20.8. The van der Waals surface area contributed by atoms with Crippen LogP contribution in [0.3, 0.4) is 0 Å². The minimum absolute atomic E-state index is 0.304. The lowest BCUT2D eigenvalue weighted by Crippen LogP contribution is -2.32. The molecule has 0 saturated carbocycles. The van der Waals surface area contributed by atoms with Gasteiger partial charge in [-0.3, -0.25) is 5.32 Å². The largest absolute Gasteiger partial charge is 0.355 e. The summed E-state index contributed by atoms with van der Waals surface area (Å²) in [4.78, 5) is 3.40. The van der Waals surface area contributed by atoms with E-state index < -0.39 is 41.1 Å². The second kappa shape index (κ2) is 5.25. The molecule has 0 aliphatic carbocycles. The van der Waals surface area contributed by atoms with Crippen molar-refractivity contribution < 1.29 is 18.3 Å². The van der Waals surface area contributed by atoms with Gasteiger partial charge in [0.1, 0.15) is 12.1 Å². The summed E-state index contributed by atoms with van der Waals surface area (Å²) in [5.74, 6) is -2.94. The molecule has 0 aromatic carbocycles. The molecule has 0 spiro atoms. The second-order valence-electron chi connectivity index (χ2n) is 5.29. The average Bonchev–Trinajstić information content (AvgIpc) is 3.21. The molecule has 3 rings (SSSR count). The van der Waals surface area contributed by atoms with E-state index in [1.54, 1.807) is 26.0 Å². The third-order valence-corrected chi connectivity index (χ3v) is 3.89. The van der Waals surface area contributed by atoms with Crippen LogP contribution in [0.15, 0.2) is 0 Å². The summed E-state index contributed by atoms with van der Waals surface area (Å²) in [6, 6.07) is 3.08. The molecule has 1 aromatic rings. The molecule has 1 aromatic heterocycles. The molecule has 114 valence electrons. The maximum atomic E-state index is 14.5. The molecule has 2 saturated heterocycles. The minimum atomic E-state index is -1.07. The molecule has 4 unspecified atom stereocenters. The molecule has 0 amide bonds. The number of nitrogens with one attached hydrogen (secondary N) is 1. The van der Waals surface area contributed by atoms with Gasteiger partial charge in [-0.2, -0.15) is 10.5 Å². The topological polar surface area (TPSA) is 101 Å². The van der Waals surface area contributed by atoms with Crippen molar-refractivity contribution in [3.05, 3.63) is 28.6 Å². The molecular weight excluding hydrogens is 294 g/mol. The van der Waals surface area contributed by atoms with Crippen molar-refractivity contribution in [1.82, 2.24) is 10.3 Å². The lowest BCUT2D eigenvalue weighted by atomic mass is 9.88. The number of halogens is 2. The molecule has 2 aliphatic heterocycles. The van der Waals surface area contributed by atoms with Crippen molar-refractivity contribution in [3.8, 4) is 12.1 Å². The van der Waals surface area contributed by atoms with E-state index in [0.717, 1.165) is 0 Å². The molecule has 3 heterocycles. The quantitative estimate of drug-likeness (QED) is 0.784. The van der Waals surface area contributed by atoms with E-state index in [1.807, 2.05) is 0 Å². The van der Waals surface area contributed by atoms with Gasteiger partial charge in [0, 0.05) is 11.5 Å². The zero-order chi connectivity index (χ0) is 16.0. The van der Waals surface area contributed by atoms with Gasteiger partial charge in [-0.15, -0.1) is 0 Å². The number of pyridine rings is 1. The van der Waals surface area contributed by atoms with E-state index >= 15 is 0 Å². The number of hydrogen-bond acceptors (Lipinski definition) is 6. The molecule has 1 N–H and O–H groups in total. The van der Waals surface area contributed by atoms with Crippen molar-refractivity contribution in [2.45, 2.75) is 44.4 Å². The third kappa shape index (κ3) is 2.22. The highest BCUT2D eigenvalue weighted by molar-refractivity contribution is 5.40. The first-order valence-corrected chi connectivity index (χ1v) is 6.74. The smallest absolute Gasteiger partial charge is 0.178 e. The zero-order valence-electron chi connectivity index (χ0n) is 11.8. The van der Waals surface area contributed by atoms with Crippen LogP contribution >= 0.6 is 0 Å². The number of fused-ring (bicyclic) bond motifs is 1. The number of aromatic nitrogens is 1. The Hall–Kier alpha value is -2.13. The second-order valence-corrected chi connectivity index (χ2v) is 5.29. The fourth-order valence-corrected chi connectivity index (χ4v) is 2.81. The predicted molar refractivity (Wildman–Crippen MR) is 68.1 cm³/mol. The van der Waals surface area contributed by atoms with Crippen LogP contribution in [0.25, 0.3) is 0 Å². The van der Waals surface area contributed by atoms with Gasteiger partial charge in [0.2, 0.25) is 0 Å². The number of ether oxygens (including phenoxy) is 2. The maximum Gasteiger partial charge on any atom is 0.178 e. The zero-order valence-corrected chi connectivity index (χ0v) is 11.8. The molecule has 2 fully saturated rings. The number of nitrogens with zero attached hydrogens (tertiary/aromatic N) is 3. The average molecular weight is 306 g/mol. The summed E-state index contributed by atoms with van der Waals surface area (Å²) in [5.41, 5.74) is -1.61. The lowest BCUT2D eigenvalue weighted by Gasteiger charge is -2.28. The third-order valence-electron chi connectivity index (χ3n) is 3.89. The Morgan fingerprint density at radius 1 is 1.00 bits per heavy atom. The van der Waals surface area contributed by atoms with Gasteiger partial charge >= 0.3 is 0 Å². The van der Waals surface area contributed by atoms with Gasteiger partial charge in [-0.1, -0.05) is 0 Å². The summed E-state index contributed by atoms with van der Waals surface area (Å²) >= 11 is 0. The number of hydrogen-bond donors (Lipinski definition) is 1. The molecule has 8 heteroatoms. The summed E-state index contributed by atoms with van der Waals surface area (Å²) in [6.45, 7) is 3.34. The van der Waals surface area contributed by atoms with Gasteiger partial charge < -0.3 is 9.47 Å². The van der Waals surface area contributed by atoms with Crippen molar-refractivity contribution in [2.75, 3.05) is 0 Å². The summed E-state index contributed by atoms with van der Waals surface area (Å²) in [7, 11) is 0. The van der Waals surface area contributed by atoms with E-state index in [9.17, 15) is 8.78 Å². The molecule has 4 atom stereocenters. The molecule has 22 heavy (non-hydrogen) atoms. The van der Waals surface area contributed by atoms with E-state index in [2.05, 4.69) is 10.3 Å². The van der Waals surface area contributed by atoms with Crippen LogP contribution < -0.4 is 5.32 Å². The van der Waals surface area contributed by atoms with E-state index in [0.29, 0.717) is 0 Å². The first-order chi connectivity index (χ1) is 10.5. The van der Waals surface area contributed by atoms with Crippen molar-refractivity contribution >= 4 is 0 Å². The Bertz CT molecular complexity index is 658. The standard InChI is InChI=1S/C14H12F2N4O2/c1-5-9(6(2)22-14-13(20-14)21-5)10-11(15)7(3-17)19-8(4-18)12(10)16/h5-6,9,13-14,20H,1-2H3. The first-order valence-electron chi connectivity index (χ1n) is 6.74. The highest BCUT2D eigenvalue weighted by Crippen LogP contribution is 2.38. The van der Waals surface area contributed by atoms with Crippen LogP contribution in [0.5, 0.6) is 0 Å². The first kappa shape index (κ1) is 14.8. The van der Waals surface area contributed by atoms with Crippen LogP contribution in [0.2, 0.25) is 0 Å². The van der Waals surface area contributed by atoms with Crippen LogP contribution in [0, 0.1) is 34.3 Å². The SMILES string of the molecule is CC1OC2NC2OC(C)C1c1c(F)c(C#N)nc(C#N)c1F. The molecular formula is C14H12F2N4O2. The van der Waals surface area contributed by atoms with Crippen LogP contribution in [0.1, 0.15) is 36.7 Å². The Morgan fingerprint density at radius 3 is 1.86 bits per heavy atom. The highest BCUT2D eigenvalue weighted by Gasteiger charge is 2.48. The number of rotatable bonds is 1. The van der Waals surface area contributed by atoms with Crippen LogP contribution in [0.4, 0.5) is 8.78 Å². The van der Waals surface area contributed by atoms with Gasteiger partial charge in [-0.25, -0.2) is 13.8 Å². The van der Waals surface area contributed by atoms with Crippen LogP contribution in [-0.2, 0) is 9.47 Å². The van der Waals surface area contributed by atoms with Crippen molar-refractivity contribution in [2.24, 2.45) is 0 Å². The number of nitriles is 2. The minimum Gasteiger partial charge on any atom is -0.355 e. The molecule has 0 bridgehead atoms. The summed E-state index contributed by atoms with van der Waals surface area (Å²) < 4.78 is 40.2. The van der Waals surface area contributed by atoms with Gasteiger partial charge in [0.25, 0.3) is 0 Å². The summed E-state index contributed by atoms with van der Waals surface area (Å²) in [6.07, 6.45) is -1.74. The predicted octanol–water partition coefficient (Wildman–Crippen LogP) is 1.27. The van der Waals surface area contributed by atoms with Gasteiger partial charge in [0.15, 0.2) is 35.5 Å². The Labute approximate surface area is 125 Å². The maximum absolute atomic E-state index is 14.5. The van der Waals surface area contributed by atoms with E-state index in [4.69, 9.17) is 20.0 Å². The van der Waals surface area contributed by atoms with Gasteiger partial charge in [-0.05, 0) is 13.8 Å². The van der Waals surface area contributed by atoms with E-state index in [1.165, 1.54) is 0 Å². The van der Waals surface area contributed by atoms with Crippen molar-refractivity contribution in [1.29, 1.82) is 10.5 Å². The normalized spacial score (nSPS) is 33.3. The van der Waals surface area contributed by atoms with Crippen molar-refractivity contribution in [3.63, 3.8) is 0 Å². The Balaban J connectivity index is 2.14. The Morgan fingerprint density at radius 2 is 1.45 bits per heavy atom.